The molecule has 1 amide bonds. The number of carbonyl (C=O) groups excluding carboxylic acids is 3. The number of nitrogens with one attached hydrogen (secondary N) is 1. The van der Waals surface area contributed by atoms with Crippen molar-refractivity contribution in [3.8, 4) is 0 Å². The lowest BCUT2D eigenvalue weighted by Crippen LogP contribution is -2.48. The largest absolute Gasteiger partial charge is 0.468 e. The Morgan fingerprint density at radius 1 is 1.12 bits per heavy atom. The van der Waals surface area contributed by atoms with Crippen molar-refractivity contribution < 1.29 is 23.9 Å². The fourth-order valence-electron chi connectivity index (χ4n) is 1.17. The van der Waals surface area contributed by atoms with Gasteiger partial charge in [-0.2, -0.15) is 0 Å². The Balaban J connectivity index is 4.65. The van der Waals surface area contributed by atoms with Crippen LogP contribution in [0.15, 0.2) is 0 Å². The van der Waals surface area contributed by atoms with Crippen LogP contribution in [0.2, 0.25) is 0 Å². The van der Waals surface area contributed by atoms with Gasteiger partial charge in [0.25, 0.3) is 0 Å². The molecular weight excluding hydrogens is 228 g/mol. The molecule has 17 heavy (non-hydrogen) atoms. The summed E-state index contributed by atoms with van der Waals surface area (Å²) in [6.07, 6.45) is 0. The van der Waals surface area contributed by atoms with Crippen molar-refractivity contribution in [1.82, 2.24) is 10.2 Å². The fraction of sp³-hybridized carbons (Fsp3) is 0.700. The molecule has 1 atom stereocenters. The maximum atomic E-state index is 11.4. The van der Waals surface area contributed by atoms with E-state index in [2.05, 4.69) is 14.8 Å². The lowest BCUT2D eigenvalue weighted by Gasteiger charge is -2.25. The molecule has 0 fully saturated rings. The van der Waals surface area contributed by atoms with Crippen LogP contribution in [0.1, 0.15) is 6.92 Å². The Kier molecular flexibility index (Phi) is 6.88. The first kappa shape index (κ1) is 15.4. The highest BCUT2D eigenvalue weighted by molar-refractivity contribution is 5.83. The van der Waals surface area contributed by atoms with Crippen LogP contribution < -0.4 is 5.32 Å². The van der Waals surface area contributed by atoms with Gasteiger partial charge in [-0.05, 0) is 6.92 Å². The van der Waals surface area contributed by atoms with Crippen LogP contribution in [0, 0.1) is 0 Å². The molecule has 1 N–H and O–H groups in total. The predicted molar refractivity (Wildman–Crippen MR) is 59.1 cm³/mol. The van der Waals surface area contributed by atoms with Crippen molar-refractivity contribution >= 4 is 17.8 Å². The molecule has 0 aliphatic carbocycles. The summed E-state index contributed by atoms with van der Waals surface area (Å²) in [4.78, 5) is 35.1. The van der Waals surface area contributed by atoms with E-state index in [4.69, 9.17) is 0 Å². The van der Waals surface area contributed by atoms with Crippen molar-refractivity contribution in [2.45, 2.75) is 13.0 Å². The molecule has 0 saturated heterocycles. The van der Waals surface area contributed by atoms with E-state index >= 15 is 0 Å². The Morgan fingerprint density at radius 2 is 1.53 bits per heavy atom. The summed E-state index contributed by atoms with van der Waals surface area (Å²) in [5.41, 5.74) is 0. The fourth-order valence-corrected chi connectivity index (χ4v) is 1.17. The van der Waals surface area contributed by atoms with Gasteiger partial charge in [0.2, 0.25) is 5.91 Å². The molecule has 98 valence electrons. The SMILES string of the molecule is CNC(=O)C(C)N(CC(=O)OC)CC(=O)OC. The molecule has 0 bridgehead atoms. The van der Waals surface area contributed by atoms with Crippen LogP contribution >= 0.6 is 0 Å². The van der Waals surface area contributed by atoms with E-state index in [0.717, 1.165) is 0 Å². The lowest BCUT2D eigenvalue weighted by atomic mass is 10.2. The van der Waals surface area contributed by atoms with E-state index in [-0.39, 0.29) is 19.0 Å². The number of methoxy groups -OCH3 is 2. The molecule has 0 aromatic carbocycles. The van der Waals surface area contributed by atoms with Crippen molar-refractivity contribution in [1.29, 1.82) is 0 Å². The summed E-state index contributed by atoms with van der Waals surface area (Å²) in [7, 11) is 3.96. The van der Waals surface area contributed by atoms with Crippen LogP contribution in [0.4, 0.5) is 0 Å². The highest BCUT2D eigenvalue weighted by Gasteiger charge is 2.25. The van der Waals surface area contributed by atoms with Gasteiger partial charge in [0, 0.05) is 7.05 Å². The van der Waals surface area contributed by atoms with Gasteiger partial charge in [0.15, 0.2) is 0 Å². The van der Waals surface area contributed by atoms with E-state index in [9.17, 15) is 14.4 Å². The molecule has 0 heterocycles. The Bertz CT molecular complexity index is 274. The monoisotopic (exact) mass is 246 g/mol. The zero-order chi connectivity index (χ0) is 13.4. The number of hydrogen-bond acceptors (Lipinski definition) is 6. The third-order valence-electron chi connectivity index (χ3n) is 2.29. The lowest BCUT2D eigenvalue weighted by molar-refractivity contribution is -0.147. The molecule has 0 aromatic heterocycles. The zero-order valence-corrected chi connectivity index (χ0v) is 10.5. The first-order valence-corrected chi connectivity index (χ1v) is 5.05. The standard InChI is InChI=1S/C10H18N2O5/c1-7(10(15)11-2)12(5-8(13)16-3)6-9(14)17-4/h7H,5-6H2,1-4H3,(H,11,15). The molecule has 0 spiro atoms. The normalized spacial score (nSPS) is 11.8. The van der Waals surface area contributed by atoms with Crippen molar-refractivity contribution in [3.05, 3.63) is 0 Å². The predicted octanol–water partition coefficient (Wildman–Crippen LogP) is -1.23. The van der Waals surface area contributed by atoms with E-state index in [1.807, 2.05) is 0 Å². The van der Waals surface area contributed by atoms with Crippen LogP contribution in [0.5, 0.6) is 0 Å². The van der Waals surface area contributed by atoms with Gasteiger partial charge in [-0.25, -0.2) is 0 Å². The first-order valence-electron chi connectivity index (χ1n) is 5.05. The highest BCUT2D eigenvalue weighted by atomic mass is 16.5. The van der Waals surface area contributed by atoms with Crippen LogP contribution in [-0.4, -0.2) is 63.1 Å². The Hall–Kier alpha value is -1.63. The molecule has 7 heteroatoms. The van der Waals surface area contributed by atoms with Gasteiger partial charge >= 0.3 is 11.9 Å². The molecule has 0 aliphatic heterocycles. The summed E-state index contributed by atoms with van der Waals surface area (Å²) in [6.45, 7) is 1.28. The Morgan fingerprint density at radius 3 is 1.82 bits per heavy atom. The quantitative estimate of drug-likeness (QED) is 0.591. The minimum absolute atomic E-state index is 0.153. The van der Waals surface area contributed by atoms with Crippen LogP contribution in [0.25, 0.3) is 0 Å². The number of carbonyl (C=O) groups is 3. The van der Waals surface area contributed by atoms with Gasteiger partial charge in [-0.15, -0.1) is 0 Å². The molecule has 0 rings (SSSR count). The van der Waals surface area contributed by atoms with Gasteiger partial charge in [-0.3, -0.25) is 19.3 Å². The minimum Gasteiger partial charge on any atom is -0.468 e. The van der Waals surface area contributed by atoms with Gasteiger partial charge in [0.1, 0.15) is 0 Å². The molecule has 0 saturated carbocycles. The first-order chi connectivity index (χ1) is 7.96. The molecule has 0 radical (unpaired) electrons. The molecule has 1 unspecified atom stereocenters. The van der Waals surface area contributed by atoms with Gasteiger partial charge < -0.3 is 14.8 Å². The van der Waals surface area contributed by atoms with Crippen molar-refractivity contribution in [3.63, 3.8) is 0 Å². The Labute approximate surface area is 100 Å². The molecule has 7 nitrogen and oxygen atoms in total. The summed E-state index contributed by atoms with van der Waals surface area (Å²) >= 11 is 0. The smallest absolute Gasteiger partial charge is 0.319 e. The van der Waals surface area contributed by atoms with Crippen molar-refractivity contribution in [2.75, 3.05) is 34.4 Å². The second kappa shape index (κ2) is 7.61. The second-order valence-electron chi connectivity index (χ2n) is 3.35. The maximum absolute atomic E-state index is 11.4. The summed E-state index contributed by atoms with van der Waals surface area (Å²) in [5.74, 6) is -1.34. The van der Waals surface area contributed by atoms with Crippen LogP contribution in [-0.2, 0) is 23.9 Å². The number of esters is 2. The number of ether oxygens (including phenoxy) is 2. The van der Waals surface area contributed by atoms with Crippen LogP contribution in [0.3, 0.4) is 0 Å². The summed E-state index contributed by atoms with van der Waals surface area (Å²) in [5, 5.41) is 2.44. The van der Waals surface area contributed by atoms with E-state index in [0.29, 0.717) is 0 Å². The number of hydrogen-bond donors (Lipinski definition) is 1. The third-order valence-corrected chi connectivity index (χ3v) is 2.29. The summed E-state index contributed by atoms with van der Waals surface area (Å²) in [6, 6.07) is -0.627. The van der Waals surface area contributed by atoms with E-state index < -0.39 is 18.0 Å². The van der Waals surface area contributed by atoms with Crippen molar-refractivity contribution in [2.24, 2.45) is 0 Å². The average Bonchev–Trinajstić information content (AvgIpc) is 2.35. The van der Waals surface area contributed by atoms with E-state index in [1.54, 1.807) is 6.92 Å². The maximum Gasteiger partial charge on any atom is 0.319 e. The molecule has 0 aromatic rings. The van der Waals surface area contributed by atoms with E-state index in [1.165, 1.54) is 26.2 Å². The van der Waals surface area contributed by atoms with Gasteiger partial charge in [0.05, 0.1) is 33.4 Å². The second-order valence-corrected chi connectivity index (χ2v) is 3.35. The minimum atomic E-state index is -0.627. The molecular formula is C10H18N2O5. The number of amides is 1. The number of likely N-dealkylation sites (N-methyl/N-ethyl adjacent to an activating group) is 1. The number of nitrogens with zero attached hydrogens (tertiary/aromatic N) is 1. The zero-order valence-electron chi connectivity index (χ0n) is 10.5. The topological polar surface area (TPSA) is 84.9 Å². The molecule has 0 aliphatic rings. The third kappa shape index (κ3) is 5.30. The summed E-state index contributed by atoms with van der Waals surface area (Å²) < 4.78 is 8.99. The highest BCUT2D eigenvalue weighted by Crippen LogP contribution is 2.00. The van der Waals surface area contributed by atoms with Gasteiger partial charge in [-0.1, -0.05) is 0 Å². The number of rotatable bonds is 6. The average molecular weight is 246 g/mol.